The van der Waals surface area contributed by atoms with Gasteiger partial charge >= 0.3 is 0 Å². The van der Waals surface area contributed by atoms with Crippen LogP contribution in [-0.2, 0) is 13.0 Å². The second kappa shape index (κ2) is 11.7. The third kappa shape index (κ3) is 5.54. The molecule has 0 unspecified atom stereocenters. The van der Waals surface area contributed by atoms with E-state index in [1.54, 1.807) is 6.07 Å². The maximum absolute atomic E-state index is 13.8. The monoisotopic (exact) mass is 602 g/mol. The molecule has 8 nitrogen and oxygen atoms in total. The summed E-state index contributed by atoms with van der Waals surface area (Å²) in [5.41, 5.74) is 13.8. The van der Waals surface area contributed by atoms with Gasteiger partial charge in [0.05, 0.1) is 38.6 Å². The number of nitrogens with one attached hydrogen (secondary N) is 5. The SMILES string of the molecule is CC(C)N1C=C([C@@H](Nc2cc(Cl)c3ncc(C#N)c(Nc4ccc(F)c(Cl)c4)c3c2)c2ccc3c(c2)CNCC3)NN1. The lowest BCUT2D eigenvalue weighted by Gasteiger charge is -2.25. The van der Waals surface area contributed by atoms with Crippen LogP contribution in [0.3, 0.4) is 0 Å². The molecule has 3 heterocycles. The van der Waals surface area contributed by atoms with Crippen LogP contribution in [0.5, 0.6) is 0 Å². The minimum absolute atomic E-state index is 0.0262. The molecule has 5 N–H and O–H groups in total. The molecule has 0 aliphatic carbocycles. The number of aromatic nitrogens is 1. The summed E-state index contributed by atoms with van der Waals surface area (Å²) >= 11 is 12.8. The van der Waals surface area contributed by atoms with Gasteiger partial charge in [0.2, 0.25) is 0 Å². The smallest absolute Gasteiger partial charge is 0.141 e. The van der Waals surface area contributed by atoms with Crippen LogP contribution >= 0.6 is 23.2 Å². The van der Waals surface area contributed by atoms with Crippen LogP contribution < -0.4 is 26.9 Å². The van der Waals surface area contributed by atoms with Crippen molar-refractivity contribution in [3.63, 3.8) is 0 Å². The first-order valence-corrected chi connectivity index (χ1v) is 14.4. The van der Waals surface area contributed by atoms with Gasteiger partial charge in [-0.1, -0.05) is 41.4 Å². The minimum Gasteiger partial charge on any atom is -0.373 e. The predicted molar refractivity (Wildman–Crippen MR) is 166 cm³/mol. The van der Waals surface area contributed by atoms with E-state index in [0.717, 1.165) is 36.5 Å². The van der Waals surface area contributed by atoms with Gasteiger partial charge < -0.3 is 21.4 Å². The highest BCUT2D eigenvalue weighted by Crippen LogP contribution is 2.37. The molecule has 0 bridgehead atoms. The molecule has 0 fully saturated rings. The molecule has 0 saturated carbocycles. The van der Waals surface area contributed by atoms with Crippen molar-refractivity contribution in [3.8, 4) is 6.07 Å². The molecule has 1 atom stereocenters. The van der Waals surface area contributed by atoms with Crippen molar-refractivity contribution in [1.29, 1.82) is 5.26 Å². The molecular formula is C31H29Cl2FN8. The zero-order chi connectivity index (χ0) is 29.4. The van der Waals surface area contributed by atoms with Crippen LogP contribution in [-0.4, -0.2) is 22.6 Å². The Hall–Kier alpha value is -4.07. The van der Waals surface area contributed by atoms with E-state index in [0.29, 0.717) is 32.9 Å². The summed E-state index contributed by atoms with van der Waals surface area (Å²) in [5.74, 6) is -0.527. The van der Waals surface area contributed by atoms with Crippen LogP contribution in [0.1, 0.15) is 42.1 Å². The molecule has 0 amide bonds. The van der Waals surface area contributed by atoms with Crippen LogP contribution in [0.2, 0.25) is 10.0 Å². The lowest BCUT2D eigenvalue weighted by atomic mass is 9.94. The average Bonchev–Trinajstić information content (AvgIpc) is 3.48. The van der Waals surface area contributed by atoms with Crippen molar-refractivity contribution in [3.05, 3.63) is 105 Å². The second-order valence-corrected chi connectivity index (χ2v) is 11.4. The van der Waals surface area contributed by atoms with E-state index < -0.39 is 5.82 Å². The Labute approximate surface area is 253 Å². The third-order valence-electron chi connectivity index (χ3n) is 7.47. The number of rotatable bonds is 7. The van der Waals surface area contributed by atoms with Crippen molar-refractivity contribution >= 4 is 51.2 Å². The molecule has 42 heavy (non-hydrogen) atoms. The van der Waals surface area contributed by atoms with Crippen molar-refractivity contribution in [2.75, 3.05) is 17.2 Å². The molecule has 0 radical (unpaired) electrons. The lowest BCUT2D eigenvalue weighted by Crippen LogP contribution is -2.41. The van der Waals surface area contributed by atoms with E-state index >= 15 is 0 Å². The summed E-state index contributed by atoms with van der Waals surface area (Å²) in [5, 5.41) is 23.3. The standard InChI is InChI=1S/C31H29Cl2FN8/c1-17(2)42-16-28(40-41-42)30(19-4-3-18-7-8-36-14-20(18)9-19)39-23-10-24-29(38-22-5-6-27(34)25(32)11-22)21(13-35)15-37-31(24)26(33)12-23/h3-6,9-12,15-17,30,36,39-41H,7-8,14H2,1-2H3,(H,37,38)/t30-/m0/s1. The molecule has 2 aliphatic heterocycles. The van der Waals surface area contributed by atoms with Gasteiger partial charge in [0.25, 0.3) is 0 Å². The number of nitrogens with zero attached hydrogens (tertiary/aromatic N) is 3. The number of nitriles is 1. The van der Waals surface area contributed by atoms with Gasteiger partial charge in [-0.3, -0.25) is 9.99 Å². The second-order valence-electron chi connectivity index (χ2n) is 10.6. The van der Waals surface area contributed by atoms with E-state index in [1.165, 1.54) is 29.5 Å². The summed E-state index contributed by atoms with van der Waals surface area (Å²) in [7, 11) is 0. The quantitative estimate of drug-likeness (QED) is 0.160. The minimum atomic E-state index is -0.527. The number of halogens is 3. The summed E-state index contributed by atoms with van der Waals surface area (Å²) in [6, 6.07) is 16.8. The largest absolute Gasteiger partial charge is 0.373 e. The van der Waals surface area contributed by atoms with E-state index in [2.05, 4.69) is 76.2 Å². The first-order chi connectivity index (χ1) is 20.3. The normalized spacial score (nSPS) is 15.2. The maximum atomic E-state index is 13.8. The number of hydrogen-bond acceptors (Lipinski definition) is 8. The van der Waals surface area contributed by atoms with Crippen molar-refractivity contribution in [2.24, 2.45) is 0 Å². The van der Waals surface area contributed by atoms with Crippen LogP contribution in [0, 0.1) is 17.1 Å². The van der Waals surface area contributed by atoms with Gasteiger partial charge in [-0.05, 0) is 73.8 Å². The molecule has 4 aromatic rings. The highest BCUT2D eigenvalue weighted by atomic mass is 35.5. The Balaban J connectivity index is 1.43. The third-order valence-corrected chi connectivity index (χ3v) is 8.05. The number of pyridine rings is 1. The van der Waals surface area contributed by atoms with Crippen molar-refractivity contribution in [2.45, 2.75) is 38.9 Å². The Morgan fingerprint density at radius 2 is 1.88 bits per heavy atom. The number of anilines is 3. The van der Waals surface area contributed by atoms with Gasteiger partial charge in [0, 0.05) is 41.7 Å². The van der Waals surface area contributed by atoms with Gasteiger partial charge in [0.1, 0.15) is 11.9 Å². The van der Waals surface area contributed by atoms with Gasteiger partial charge in [-0.15, -0.1) is 5.53 Å². The molecule has 2 aliphatic rings. The number of fused-ring (bicyclic) bond motifs is 2. The van der Waals surface area contributed by atoms with Crippen molar-refractivity contribution < 1.29 is 4.39 Å². The molecule has 0 spiro atoms. The van der Waals surface area contributed by atoms with Crippen LogP contribution in [0.15, 0.2) is 66.6 Å². The summed E-state index contributed by atoms with van der Waals surface area (Å²) < 4.78 is 13.8. The number of hydrogen-bond donors (Lipinski definition) is 5. The zero-order valence-electron chi connectivity index (χ0n) is 23.0. The van der Waals surface area contributed by atoms with Gasteiger partial charge in [-0.25, -0.2) is 4.39 Å². The van der Waals surface area contributed by atoms with Gasteiger partial charge in [-0.2, -0.15) is 5.26 Å². The zero-order valence-corrected chi connectivity index (χ0v) is 24.5. The van der Waals surface area contributed by atoms with E-state index in [4.69, 9.17) is 23.2 Å². The Morgan fingerprint density at radius 3 is 2.64 bits per heavy atom. The first-order valence-electron chi connectivity index (χ1n) is 13.7. The fraction of sp³-hybridized carbons (Fsp3) is 0.226. The van der Waals surface area contributed by atoms with Crippen molar-refractivity contribution in [1.82, 2.24) is 26.3 Å². The first kappa shape index (κ1) is 28.1. The van der Waals surface area contributed by atoms with E-state index in [1.807, 2.05) is 17.1 Å². The van der Waals surface area contributed by atoms with E-state index in [9.17, 15) is 9.65 Å². The molecular weight excluding hydrogens is 574 g/mol. The summed E-state index contributed by atoms with van der Waals surface area (Å²) in [6.07, 6.45) is 4.53. The molecule has 6 rings (SSSR count). The highest BCUT2D eigenvalue weighted by Gasteiger charge is 2.25. The summed E-state index contributed by atoms with van der Waals surface area (Å²) in [6.45, 7) is 6.01. The fourth-order valence-corrected chi connectivity index (χ4v) is 5.68. The van der Waals surface area contributed by atoms with Gasteiger partial charge in [0.15, 0.2) is 0 Å². The molecule has 11 heteroatoms. The molecule has 1 aromatic heterocycles. The maximum Gasteiger partial charge on any atom is 0.141 e. The fourth-order valence-electron chi connectivity index (χ4n) is 5.24. The van der Waals surface area contributed by atoms with Crippen LogP contribution in [0.25, 0.3) is 10.9 Å². The Kier molecular flexibility index (Phi) is 7.80. The topological polar surface area (TPSA) is 100 Å². The lowest BCUT2D eigenvalue weighted by molar-refractivity contribution is 0.221. The average molecular weight is 604 g/mol. The number of hydrazine groups is 2. The molecule has 3 aromatic carbocycles. The summed E-state index contributed by atoms with van der Waals surface area (Å²) in [4.78, 5) is 4.46. The number of benzene rings is 3. The Morgan fingerprint density at radius 1 is 1.05 bits per heavy atom. The predicted octanol–water partition coefficient (Wildman–Crippen LogP) is 6.67. The molecule has 0 saturated heterocycles. The Bertz CT molecular complexity index is 1750. The highest BCUT2D eigenvalue weighted by molar-refractivity contribution is 6.36. The van der Waals surface area contributed by atoms with E-state index in [-0.39, 0.29) is 17.1 Å². The van der Waals surface area contributed by atoms with Crippen LogP contribution in [0.4, 0.5) is 21.5 Å². The molecule has 214 valence electrons.